The van der Waals surface area contributed by atoms with Gasteiger partial charge in [0.15, 0.2) is 5.52 Å². The number of nitrogens with zero attached hydrogens (tertiary/aromatic N) is 5. The van der Waals surface area contributed by atoms with E-state index >= 15 is 0 Å². The number of hydrogen-bond donors (Lipinski definition) is 0. The molecule has 1 heterocycles. The Bertz CT molecular complexity index is 999. The molecule has 0 amide bonds. The largest absolute Gasteiger partial charge is 1.00 e. The van der Waals surface area contributed by atoms with Crippen molar-refractivity contribution >= 4 is 34.1 Å². The standard InChI is InChI=1S/C14H7N5O4S.Na/c15-7-11(8-1-3-9(4-2-8)18(20)21)10-5-6-12(19(22)23)14-13(10)16-24-17-14;/h1-6,11H;/q;+1. The Hall–Kier alpha value is -2.45. The smallest absolute Gasteiger partial charge is 0.258 e. The van der Waals surface area contributed by atoms with Gasteiger partial charge in [0.05, 0.1) is 33.6 Å². The molecule has 3 rings (SSSR count). The number of rotatable bonds is 4. The van der Waals surface area contributed by atoms with E-state index in [-0.39, 0.29) is 46.4 Å². The molecule has 3 aromatic rings. The molecule has 0 bridgehead atoms. The van der Waals surface area contributed by atoms with Crippen LogP contribution in [0.5, 0.6) is 0 Å². The minimum absolute atomic E-state index is 0. The summed E-state index contributed by atoms with van der Waals surface area (Å²) in [5, 5.41) is 31.3. The second kappa shape index (κ2) is 7.62. The van der Waals surface area contributed by atoms with Gasteiger partial charge < -0.3 is 0 Å². The monoisotopic (exact) mass is 364 g/mol. The van der Waals surface area contributed by atoms with Crippen LogP contribution in [0.4, 0.5) is 11.4 Å². The predicted molar refractivity (Wildman–Crippen MR) is 84.6 cm³/mol. The maximum absolute atomic E-state index is 11.0. The molecule has 1 unspecified atom stereocenters. The van der Waals surface area contributed by atoms with E-state index in [4.69, 9.17) is 0 Å². The van der Waals surface area contributed by atoms with E-state index in [2.05, 4.69) is 14.8 Å². The van der Waals surface area contributed by atoms with Crippen LogP contribution >= 0.6 is 11.7 Å². The van der Waals surface area contributed by atoms with Gasteiger partial charge in [-0.2, -0.15) is 14.0 Å². The summed E-state index contributed by atoms with van der Waals surface area (Å²) in [7, 11) is 0. The number of fused-ring (bicyclic) bond motifs is 1. The van der Waals surface area contributed by atoms with Gasteiger partial charge in [0, 0.05) is 23.8 Å². The summed E-state index contributed by atoms with van der Waals surface area (Å²) in [5.74, 6) is -0.766. The minimum atomic E-state index is -0.766. The summed E-state index contributed by atoms with van der Waals surface area (Å²) in [6.07, 6.45) is 0. The molecule has 9 nitrogen and oxygen atoms in total. The second-order valence-corrected chi connectivity index (χ2v) is 5.33. The van der Waals surface area contributed by atoms with Gasteiger partial charge in [-0.05, 0) is 11.6 Å². The maximum atomic E-state index is 11.0. The second-order valence-electron chi connectivity index (χ2n) is 4.80. The molecule has 0 spiro atoms. The van der Waals surface area contributed by atoms with Crippen molar-refractivity contribution in [1.82, 2.24) is 8.75 Å². The van der Waals surface area contributed by atoms with E-state index in [0.29, 0.717) is 16.6 Å². The van der Waals surface area contributed by atoms with Gasteiger partial charge >= 0.3 is 29.6 Å². The Morgan fingerprint density at radius 1 is 1.00 bits per heavy atom. The van der Waals surface area contributed by atoms with E-state index in [1.54, 1.807) is 0 Å². The molecule has 0 aliphatic heterocycles. The van der Waals surface area contributed by atoms with Crippen LogP contribution in [0.1, 0.15) is 17.0 Å². The van der Waals surface area contributed by atoms with Crippen molar-refractivity contribution < 1.29 is 39.4 Å². The third kappa shape index (κ3) is 3.49. The van der Waals surface area contributed by atoms with Gasteiger partial charge in [0.2, 0.25) is 0 Å². The van der Waals surface area contributed by atoms with Crippen molar-refractivity contribution in [3.8, 4) is 6.07 Å². The first-order chi connectivity index (χ1) is 11.5. The molecule has 25 heavy (non-hydrogen) atoms. The molecule has 2 aromatic carbocycles. The molecule has 1 atom stereocenters. The van der Waals surface area contributed by atoms with Crippen molar-refractivity contribution in [3.05, 3.63) is 67.8 Å². The number of nitriles is 1. The van der Waals surface area contributed by atoms with Crippen LogP contribution in [0, 0.1) is 31.6 Å². The Morgan fingerprint density at radius 3 is 2.20 bits per heavy atom. The fourth-order valence-corrected chi connectivity index (χ4v) is 2.94. The number of non-ortho nitro benzene ring substituents is 2. The number of nitro benzene ring substituents is 2. The van der Waals surface area contributed by atoms with E-state index in [0.717, 1.165) is 11.7 Å². The summed E-state index contributed by atoms with van der Waals surface area (Å²) in [6, 6.07) is 10.5. The predicted octanol–water partition coefficient (Wildman–Crippen LogP) is 0.167. The third-order valence-electron chi connectivity index (χ3n) is 3.50. The molecule has 0 radical (unpaired) electrons. The zero-order valence-electron chi connectivity index (χ0n) is 12.8. The first kappa shape index (κ1) is 18.9. The molecule has 0 aliphatic carbocycles. The Morgan fingerprint density at radius 2 is 1.64 bits per heavy atom. The van der Waals surface area contributed by atoms with Crippen LogP contribution in [0.15, 0.2) is 36.4 Å². The Labute approximate surface area is 166 Å². The van der Waals surface area contributed by atoms with Crippen molar-refractivity contribution in [2.24, 2.45) is 0 Å². The summed E-state index contributed by atoms with van der Waals surface area (Å²) in [5.41, 5.74) is 1.17. The van der Waals surface area contributed by atoms with Gasteiger partial charge in [-0.3, -0.25) is 20.2 Å². The summed E-state index contributed by atoms with van der Waals surface area (Å²) >= 11 is 0.825. The maximum Gasteiger partial charge on any atom is 1.00 e. The molecule has 0 fully saturated rings. The van der Waals surface area contributed by atoms with Gasteiger partial charge in [-0.1, -0.05) is 12.1 Å². The van der Waals surface area contributed by atoms with Gasteiger partial charge in [-0.15, -0.1) is 0 Å². The van der Waals surface area contributed by atoms with Crippen molar-refractivity contribution in [3.63, 3.8) is 0 Å². The molecule has 118 valence electrons. The fourth-order valence-electron chi connectivity index (χ4n) is 2.37. The molecule has 0 N–H and O–H groups in total. The van der Waals surface area contributed by atoms with E-state index < -0.39 is 15.8 Å². The first-order valence-corrected chi connectivity index (χ1v) is 7.29. The van der Waals surface area contributed by atoms with E-state index in [1.165, 1.54) is 36.4 Å². The molecule has 0 aliphatic rings. The molecule has 11 heteroatoms. The van der Waals surface area contributed by atoms with Crippen LogP contribution in [0.3, 0.4) is 0 Å². The SMILES string of the molecule is N#CC(c1ccc([N+](=O)[O-])cc1)c1ccc([N+](=O)[O-])c2nsnc12.[Na+]. The van der Waals surface area contributed by atoms with Crippen molar-refractivity contribution in [1.29, 1.82) is 5.26 Å². The van der Waals surface area contributed by atoms with Crippen molar-refractivity contribution in [2.45, 2.75) is 5.92 Å². The summed E-state index contributed by atoms with van der Waals surface area (Å²) < 4.78 is 8.01. The average molecular weight is 364 g/mol. The number of benzene rings is 2. The van der Waals surface area contributed by atoms with Crippen molar-refractivity contribution in [2.75, 3.05) is 0 Å². The number of hydrogen-bond acceptors (Lipinski definition) is 8. The average Bonchev–Trinajstić information content (AvgIpc) is 3.05. The van der Waals surface area contributed by atoms with Crippen LogP contribution in [0.2, 0.25) is 0 Å². The molecular weight excluding hydrogens is 357 g/mol. The van der Waals surface area contributed by atoms with E-state index in [9.17, 15) is 25.5 Å². The Balaban J connectivity index is 0.00000225. The quantitative estimate of drug-likeness (QED) is 0.365. The summed E-state index contributed by atoms with van der Waals surface area (Å²) in [4.78, 5) is 20.7. The van der Waals surface area contributed by atoms with Crippen LogP contribution in [-0.4, -0.2) is 18.6 Å². The van der Waals surface area contributed by atoms with Gasteiger partial charge in [0.25, 0.3) is 11.4 Å². The molecule has 1 aromatic heterocycles. The normalized spacial score (nSPS) is 11.3. The molecular formula is C14H7N5NaO4S+. The number of aromatic nitrogens is 2. The third-order valence-corrected chi connectivity index (χ3v) is 4.03. The van der Waals surface area contributed by atoms with Crippen LogP contribution < -0.4 is 29.6 Å². The summed E-state index contributed by atoms with van der Waals surface area (Å²) in [6.45, 7) is 0. The van der Waals surface area contributed by atoms with Crippen LogP contribution in [-0.2, 0) is 0 Å². The minimum Gasteiger partial charge on any atom is -0.258 e. The van der Waals surface area contributed by atoms with Crippen LogP contribution in [0.25, 0.3) is 11.0 Å². The van der Waals surface area contributed by atoms with Gasteiger partial charge in [-0.25, -0.2) is 0 Å². The van der Waals surface area contributed by atoms with Gasteiger partial charge in [0.1, 0.15) is 5.52 Å². The zero-order chi connectivity index (χ0) is 17.3. The number of nitro groups is 2. The molecule has 0 saturated heterocycles. The topological polar surface area (TPSA) is 136 Å². The van der Waals surface area contributed by atoms with E-state index in [1.807, 2.05) is 0 Å². The zero-order valence-corrected chi connectivity index (χ0v) is 15.6. The fraction of sp³-hybridized carbons (Fsp3) is 0.0714. The first-order valence-electron chi connectivity index (χ1n) is 6.56. The Kier molecular flexibility index (Phi) is 5.76. The molecule has 0 saturated carbocycles.